The monoisotopic (exact) mass is 293 g/mol. The van der Waals surface area contributed by atoms with Crippen molar-refractivity contribution >= 4 is 0 Å². The predicted octanol–water partition coefficient (Wildman–Crippen LogP) is 1.85. The second kappa shape index (κ2) is 7.20. The van der Waals surface area contributed by atoms with Gasteiger partial charge in [0, 0.05) is 24.8 Å². The summed E-state index contributed by atoms with van der Waals surface area (Å²) in [6, 6.07) is 3.99. The molecule has 1 aliphatic heterocycles. The van der Waals surface area contributed by atoms with Gasteiger partial charge in [0.2, 0.25) is 0 Å². The van der Waals surface area contributed by atoms with Crippen LogP contribution in [-0.4, -0.2) is 55.4 Å². The van der Waals surface area contributed by atoms with Crippen molar-refractivity contribution in [1.29, 1.82) is 0 Å². The van der Waals surface area contributed by atoms with Crippen LogP contribution in [0, 0.1) is 0 Å². The van der Waals surface area contributed by atoms with Gasteiger partial charge < -0.3 is 14.8 Å². The highest BCUT2D eigenvalue weighted by molar-refractivity contribution is 5.31. The molecule has 0 radical (unpaired) electrons. The summed E-state index contributed by atoms with van der Waals surface area (Å²) in [5.41, 5.74) is 0.903. The summed E-state index contributed by atoms with van der Waals surface area (Å²) in [5.74, 6) is 0.838. The van der Waals surface area contributed by atoms with E-state index in [0.717, 1.165) is 44.3 Å². The third-order valence-electron chi connectivity index (χ3n) is 4.23. The lowest BCUT2D eigenvalue weighted by Gasteiger charge is -2.45. The van der Waals surface area contributed by atoms with E-state index < -0.39 is 0 Å². The average Bonchev–Trinajstić information content (AvgIpc) is 2.53. The zero-order chi connectivity index (χ0) is 15.3. The van der Waals surface area contributed by atoms with Crippen LogP contribution < -0.4 is 10.1 Å². The lowest BCUT2D eigenvalue weighted by molar-refractivity contribution is -0.0244. The Balaban J connectivity index is 2.32. The van der Waals surface area contributed by atoms with Crippen LogP contribution in [0.25, 0.3) is 0 Å². The minimum Gasteiger partial charge on any atom is -0.495 e. The Kier molecular flexibility index (Phi) is 5.56. The van der Waals surface area contributed by atoms with Crippen molar-refractivity contribution in [2.24, 2.45) is 0 Å². The molecule has 0 aromatic carbocycles. The normalized spacial score (nSPS) is 18.5. The standard InChI is InChI=1S/C16H27N3O2/c1-5-17-15(14-13(20-4)7-6-8-18-14)16(2,3)19-9-11-21-12-10-19/h6-8,15,17H,5,9-12H2,1-4H3. The molecule has 5 heteroatoms. The van der Waals surface area contributed by atoms with Crippen molar-refractivity contribution in [3.63, 3.8) is 0 Å². The van der Waals surface area contributed by atoms with E-state index >= 15 is 0 Å². The van der Waals surface area contributed by atoms with Crippen LogP contribution in [0.3, 0.4) is 0 Å². The van der Waals surface area contributed by atoms with Gasteiger partial charge in [-0.25, -0.2) is 0 Å². The van der Waals surface area contributed by atoms with Crippen molar-refractivity contribution in [3.05, 3.63) is 24.0 Å². The molecule has 1 atom stereocenters. The highest BCUT2D eigenvalue weighted by Gasteiger charge is 2.38. The molecular formula is C16H27N3O2. The van der Waals surface area contributed by atoms with Crippen LogP contribution in [0.1, 0.15) is 32.5 Å². The molecule has 2 heterocycles. The first-order chi connectivity index (χ1) is 10.1. The number of nitrogens with one attached hydrogen (secondary N) is 1. The summed E-state index contributed by atoms with van der Waals surface area (Å²) in [6.45, 7) is 11.0. The van der Waals surface area contributed by atoms with Crippen LogP contribution in [0.15, 0.2) is 18.3 Å². The molecule has 0 aliphatic carbocycles. The van der Waals surface area contributed by atoms with Crippen LogP contribution in [-0.2, 0) is 4.74 Å². The van der Waals surface area contributed by atoms with Gasteiger partial charge in [0.25, 0.3) is 0 Å². The van der Waals surface area contributed by atoms with E-state index in [1.807, 2.05) is 18.3 Å². The molecule has 1 aromatic rings. The van der Waals surface area contributed by atoms with E-state index in [9.17, 15) is 0 Å². The van der Waals surface area contributed by atoms with Crippen molar-refractivity contribution in [2.45, 2.75) is 32.4 Å². The summed E-state index contributed by atoms with van der Waals surface area (Å²) in [7, 11) is 1.70. The Morgan fingerprint density at radius 3 is 2.76 bits per heavy atom. The maximum absolute atomic E-state index is 5.51. The predicted molar refractivity (Wildman–Crippen MR) is 83.7 cm³/mol. The molecule has 1 N–H and O–H groups in total. The number of nitrogens with zero attached hydrogens (tertiary/aromatic N) is 2. The molecule has 1 unspecified atom stereocenters. The topological polar surface area (TPSA) is 46.6 Å². The van der Waals surface area contributed by atoms with E-state index in [1.165, 1.54) is 0 Å². The van der Waals surface area contributed by atoms with Gasteiger partial charge in [0.1, 0.15) is 11.4 Å². The lowest BCUT2D eigenvalue weighted by atomic mass is 9.88. The number of hydrogen-bond donors (Lipinski definition) is 1. The Bertz CT molecular complexity index is 445. The fraction of sp³-hybridized carbons (Fsp3) is 0.688. The Labute approximate surface area is 127 Å². The van der Waals surface area contributed by atoms with Crippen LogP contribution >= 0.6 is 0 Å². The third kappa shape index (κ3) is 3.54. The summed E-state index contributed by atoms with van der Waals surface area (Å²) in [4.78, 5) is 7.05. The first kappa shape index (κ1) is 16.2. The van der Waals surface area contributed by atoms with E-state index in [4.69, 9.17) is 9.47 Å². The van der Waals surface area contributed by atoms with Gasteiger partial charge in [-0.1, -0.05) is 6.92 Å². The second-order valence-electron chi connectivity index (χ2n) is 5.83. The largest absolute Gasteiger partial charge is 0.495 e. The van der Waals surface area contributed by atoms with Gasteiger partial charge in [-0.3, -0.25) is 9.88 Å². The van der Waals surface area contributed by atoms with E-state index in [2.05, 4.69) is 36.0 Å². The maximum atomic E-state index is 5.51. The molecule has 5 nitrogen and oxygen atoms in total. The summed E-state index contributed by atoms with van der Waals surface area (Å²) in [5, 5.41) is 3.59. The third-order valence-corrected chi connectivity index (χ3v) is 4.23. The fourth-order valence-electron chi connectivity index (χ4n) is 3.00. The van der Waals surface area contributed by atoms with E-state index in [0.29, 0.717) is 0 Å². The summed E-state index contributed by atoms with van der Waals surface area (Å²) >= 11 is 0. The summed E-state index contributed by atoms with van der Waals surface area (Å²) < 4.78 is 11.0. The number of aromatic nitrogens is 1. The number of morpholine rings is 1. The van der Waals surface area contributed by atoms with Crippen LogP contribution in [0.4, 0.5) is 0 Å². The molecule has 1 saturated heterocycles. The van der Waals surface area contributed by atoms with Crippen molar-refractivity contribution in [3.8, 4) is 5.75 Å². The van der Waals surface area contributed by atoms with Gasteiger partial charge in [-0.15, -0.1) is 0 Å². The zero-order valence-electron chi connectivity index (χ0n) is 13.6. The highest BCUT2D eigenvalue weighted by atomic mass is 16.5. The SMILES string of the molecule is CCNC(c1ncccc1OC)C(C)(C)N1CCOCC1. The van der Waals surface area contributed by atoms with Crippen LogP contribution in [0.5, 0.6) is 5.75 Å². The molecular weight excluding hydrogens is 266 g/mol. The second-order valence-corrected chi connectivity index (χ2v) is 5.83. The van der Waals surface area contributed by atoms with Crippen molar-refractivity contribution in [1.82, 2.24) is 15.2 Å². The zero-order valence-corrected chi connectivity index (χ0v) is 13.6. The van der Waals surface area contributed by atoms with Gasteiger partial charge in [0.05, 0.1) is 26.4 Å². The number of pyridine rings is 1. The molecule has 1 aliphatic rings. The average molecular weight is 293 g/mol. The maximum Gasteiger partial charge on any atom is 0.142 e. The molecule has 0 saturated carbocycles. The minimum absolute atomic E-state index is 0.0680. The molecule has 2 rings (SSSR count). The number of hydrogen-bond acceptors (Lipinski definition) is 5. The van der Waals surface area contributed by atoms with E-state index in [-0.39, 0.29) is 11.6 Å². The van der Waals surface area contributed by atoms with Gasteiger partial charge in [0.15, 0.2) is 0 Å². The van der Waals surface area contributed by atoms with Gasteiger partial charge >= 0.3 is 0 Å². The Morgan fingerprint density at radius 2 is 2.14 bits per heavy atom. The molecule has 0 spiro atoms. The van der Waals surface area contributed by atoms with Gasteiger partial charge in [-0.2, -0.15) is 0 Å². The first-order valence-corrected chi connectivity index (χ1v) is 7.66. The number of ether oxygens (including phenoxy) is 2. The Hall–Kier alpha value is -1.17. The van der Waals surface area contributed by atoms with Crippen molar-refractivity contribution in [2.75, 3.05) is 40.0 Å². The first-order valence-electron chi connectivity index (χ1n) is 7.66. The lowest BCUT2D eigenvalue weighted by Crippen LogP contribution is -2.56. The Morgan fingerprint density at radius 1 is 1.43 bits per heavy atom. The molecule has 118 valence electrons. The smallest absolute Gasteiger partial charge is 0.142 e. The molecule has 1 fully saturated rings. The van der Waals surface area contributed by atoms with Gasteiger partial charge in [-0.05, 0) is 32.5 Å². The number of likely N-dealkylation sites (N-methyl/N-ethyl adjacent to an activating group) is 1. The summed E-state index contributed by atoms with van der Waals surface area (Å²) in [6.07, 6.45) is 1.83. The molecule has 0 amide bonds. The fourth-order valence-corrected chi connectivity index (χ4v) is 3.00. The van der Waals surface area contributed by atoms with Crippen LogP contribution in [0.2, 0.25) is 0 Å². The van der Waals surface area contributed by atoms with E-state index in [1.54, 1.807) is 7.11 Å². The molecule has 21 heavy (non-hydrogen) atoms. The minimum atomic E-state index is -0.0680. The number of rotatable bonds is 6. The highest BCUT2D eigenvalue weighted by Crippen LogP contribution is 2.34. The van der Waals surface area contributed by atoms with Crippen molar-refractivity contribution < 1.29 is 9.47 Å². The quantitative estimate of drug-likeness (QED) is 0.867. The molecule has 0 bridgehead atoms. The molecule has 1 aromatic heterocycles. The number of methoxy groups -OCH3 is 1.